The van der Waals surface area contributed by atoms with Gasteiger partial charge in [0.1, 0.15) is 6.61 Å². The summed E-state index contributed by atoms with van der Waals surface area (Å²) in [6, 6.07) is 5.86. The van der Waals surface area contributed by atoms with Gasteiger partial charge in [0.05, 0.1) is 37.5 Å². The molecule has 1 amide bonds. The molecule has 3 aromatic rings. The fraction of sp³-hybridized carbons (Fsp3) is 0.360. The van der Waals surface area contributed by atoms with Crippen molar-refractivity contribution in [1.82, 2.24) is 10.3 Å². The van der Waals surface area contributed by atoms with Crippen molar-refractivity contribution in [2.45, 2.75) is 39.3 Å². The van der Waals surface area contributed by atoms with Crippen molar-refractivity contribution >= 4 is 38.7 Å². The van der Waals surface area contributed by atoms with Crippen LogP contribution >= 0.6 is 15.9 Å². The monoisotopic (exact) mass is 530 g/mol. The molecule has 0 radical (unpaired) electrons. The van der Waals surface area contributed by atoms with E-state index in [0.717, 1.165) is 43.3 Å². The van der Waals surface area contributed by atoms with Crippen molar-refractivity contribution in [1.29, 1.82) is 0 Å². The molecular weight excluding hydrogens is 504 g/mol. The van der Waals surface area contributed by atoms with E-state index < -0.39 is 0 Å². The predicted molar refractivity (Wildman–Crippen MR) is 131 cm³/mol. The highest BCUT2D eigenvalue weighted by atomic mass is 79.9. The Hall–Kier alpha value is -3.20. The van der Waals surface area contributed by atoms with E-state index in [1.165, 1.54) is 13.8 Å². The van der Waals surface area contributed by atoms with Gasteiger partial charge in [0.2, 0.25) is 11.7 Å². The van der Waals surface area contributed by atoms with E-state index in [9.17, 15) is 9.59 Å². The zero-order chi connectivity index (χ0) is 24.6. The van der Waals surface area contributed by atoms with Gasteiger partial charge >= 0.3 is 5.97 Å². The Kier molecular flexibility index (Phi) is 6.74. The highest BCUT2D eigenvalue weighted by Crippen LogP contribution is 2.54. The van der Waals surface area contributed by atoms with E-state index in [2.05, 4.69) is 32.3 Å². The fourth-order valence-electron chi connectivity index (χ4n) is 4.64. The minimum atomic E-state index is -0.343. The van der Waals surface area contributed by atoms with E-state index in [1.807, 2.05) is 12.1 Å². The minimum absolute atomic E-state index is 0.106. The summed E-state index contributed by atoms with van der Waals surface area (Å²) in [4.78, 5) is 26.7. The number of halogens is 1. The number of fused-ring (bicyclic) bond motifs is 4. The Morgan fingerprint density at radius 3 is 2.38 bits per heavy atom. The van der Waals surface area contributed by atoms with Gasteiger partial charge in [-0.1, -0.05) is 0 Å². The van der Waals surface area contributed by atoms with Gasteiger partial charge in [0, 0.05) is 30.3 Å². The molecule has 1 aromatic heterocycles. The number of hydrogen-bond donors (Lipinski definition) is 2. The summed E-state index contributed by atoms with van der Waals surface area (Å²) in [5, 5.41) is 4.05. The Morgan fingerprint density at radius 2 is 1.76 bits per heavy atom. The fourth-order valence-corrected chi connectivity index (χ4v) is 5.38. The smallest absolute Gasteiger partial charge is 0.303 e. The number of H-pyrrole nitrogens is 1. The standard InChI is InChI=1S/C25H27BrN2O6/c1-12(29)27-19-7-6-16-21(23(31-3)25(33-5)24(32-4)22(16)26)18-9-14-8-15(11-34-13(2)30)28-20(14)10-17(18)19/h8-10,19,28H,6-7,11H2,1-5H3,(H,27,29)/t19-/m0/s1. The van der Waals surface area contributed by atoms with E-state index in [4.69, 9.17) is 18.9 Å². The molecule has 1 atom stereocenters. The summed E-state index contributed by atoms with van der Waals surface area (Å²) in [6.07, 6.45) is 1.36. The summed E-state index contributed by atoms with van der Waals surface area (Å²) in [5.74, 6) is 1.17. The number of rotatable bonds is 6. The lowest BCUT2D eigenvalue weighted by Gasteiger charge is -2.22. The van der Waals surface area contributed by atoms with Gasteiger partial charge in [-0.25, -0.2) is 0 Å². The Morgan fingerprint density at radius 1 is 1.06 bits per heavy atom. The number of amides is 1. The molecule has 0 unspecified atom stereocenters. The van der Waals surface area contributed by atoms with Crippen molar-refractivity contribution in [3.63, 3.8) is 0 Å². The summed E-state index contributed by atoms with van der Waals surface area (Å²) in [6.45, 7) is 3.05. The number of aromatic nitrogens is 1. The van der Waals surface area contributed by atoms with E-state index in [0.29, 0.717) is 30.1 Å². The van der Waals surface area contributed by atoms with Gasteiger partial charge in [-0.15, -0.1) is 0 Å². The van der Waals surface area contributed by atoms with Gasteiger partial charge in [0.15, 0.2) is 11.5 Å². The molecule has 180 valence electrons. The first-order chi connectivity index (χ1) is 16.3. The molecule has 0 saturated heterocycles. The van der Waals surface area contributed by atoms with Crippen molar-refractivity contribution in [2.24, 2.45) is 0 Å². The number of ether oxygens (including phenoxy) is 4. The maximum absolute atomic E-state index is 12.1. The normalized spacial score (nSPS) is 14.6. The van der Waals surface area contributed by atoms with E-state index >= 15 is 0 Å². The zero-order valence-electron chi connectivity index (χ0n) is 19.8. The molecule has 8 nitrogen and oxygen atoms in total. The molecule has 0 fully saturated rings. The van der Waals surface area contributed by atoms with E-state index in [-0.39, 0.29) is 24.5 Å². The van der Waals surface area contributed by atoms with Crippen LogP contribution in [0.1, 0.15) is 43.1 Å². The number of carbonyl (C=O) groups excluding carboxylic acids is 2. The van der Waals surface area contributed by atoms with Crippen LogP contribution in [0.15, 0.2) is 22.7 Å². The molecule has 0 saturated carbocycles. The number of carbonyl (C=O) groups is 2. The first-order valence-corrected chi connectivity index (χ1v) is 11.6. The summed E-state index contributed by atoms with van der Waals surface area (Å²) in [7, 11) is 4.77. The van der Waals surface area contributed by atoms with Crippen LogP contribution in [0.2, 0.25) is 0 Å². The SMILES string of the molecule is COc1c(Br)c2c(c(OC)c1OC)-c1cc3cc(COC(C)=O)[nH]c3cc1[C@@H](NC(C)=O)CC2. The second-order valence-electron chi connectivity index (χ2n) is 8.16. The lowest BCUT2D eigenvalue weighted by atomic mass is 9.92. The van der Waals surface area contributed by atoms with Crippen LogP contribution in [-0.4, -0.2) is 38.2 Å². The lowest BCUT2D eigenvalue weighted by Crippen LogP contribution is -2.26. The topological polar surface area (TPSA) is 98.9 Å². The van der Waals surface area contributed by atoms with Crippen LogP contribution in [-0.2, 0) is 27.4 Å². The first kappa shape index (κ1) is 23.9. The highest BCUT2D eigenvalue weighted by molar-refractivity contribution is 9.10. The third kappa shape index (κ3) is 4.20. The average molecular weight is 531 g/mol. The molecule has 34 heavy (non-hydrogen) atoms. The molecule has 1 heterocycles. The first-order valence-electron chi connectivity index (χ1n) is 10.9. The lowest BCUT2D eigenvalue weighted by molar-refractivity contribution is -0.142. The molecule has 2 aromatic carbocycles. The highest BCUT2D eigenvalue weighted by Gasteiger charge is 2.32. The largest absolute Gasteiger partial charge is 0.492 e. The average Bonchev–Trinajstić information content (AvgIpc) is 3.14. The van der Waals surface area contributed by atoms with Gasteiger partial charge in [-0.2, -0.15) is 0 Å². The molecule has 2 N–H and O–H groups in total. The van der Waals surface area contributed by atoms with Crippen molar-refractivity contribution < 1.29 is 28.5 Å². The van der Waals surface area contributed by atoms with Crippen LogP contribution in [0.4, 0.5) is 0 Å². The van der Waals surface area contributed by atoms with Crippen LogP contribution in [0.25, 0.3) is 22.0 Å². The maximum atomic E-state index is 12.1. The summed E-state index contributed by atoms with van der Waals surface area (Å²) in [5.41, 5.74) is 5.45. The van der Waals surface area contributed by atoms with Crippen LogP contribution in [0.5, 0.6) is 17.2 Å². The number of benzene rings is 2. The quantitative estimate of drug-likeness (QED) is 0.443. The Labute approximate surface area is 206 Å². The zero-order valence-corrected chi connectivity index (χ0v) is 21.3. The second-order valence-corrected chi connectivity index (χ2v) is 8.95. The molecule has 9 heteroatoms. The number of nitrogens with one attached hydrogen (secondary N) is 2. The Balaban J connectivity index is 2.01. The molecule has 0 spiro atoms. The van der Waals surface area contributed by atoms with Gasteiger partial charge in [-0.05, 0) is 63.7 Å². The molecular formula is C25H27BrN2O6. The second kappa shape index (κ2) is 9.58. The number of aromatic amines is 1. The molecule has 4 rings (SSSR count). The van der Waals surface area contributed by atoms with Gasteiger partial charge in [0.25, 0.3) is 0 Å². The third-order valence-corrected chi connectivity index (χ3v) is 6.84. The molecule has 0 aliphatic heterocycles. The van der Waals surface area contributed by atoms with Gasteiger partial charge in [-0.3, -0.25) is 9.59 Å². The van der Waals surface area contributed by atoms with Crippen molar-refractivity contribution in [2.75, 3.05) is 21.3 Å². The number of methoxy groups -OCH3 is 3. The molecule has 0 bridgehead atoms. The van der Waals surface area contributed by atoms with Crippen molar-refractivity contribution in [3.8, 4) is 28.4 Å². The number of esters is 1. The maximum Gasteiger partial charge on any atom is 0.303 e. The summed E-state index contributed by atoms with van der Waals surface area (Å²) < 4.78 is 23.2. The summed E-state index contributed by atoms with van der Waals surface area (Å²) >= 11 is 3.72. The Bertz CT molecular complexity index is 1280. The molecule has 1 aliphatic carbocycles. The van der Waals surface area contributed by atoms with Crippen LogP contribution < -0.4 is 19.5 Å². The molecule has 1 aliphatic rings. The van der Waals surface area contributed by atoms with E-state index in [1.54, 1.807) is 21.3 Å². The predicted octanol–water partition coefficient (Wildman–Crippen LogP) is 4.81. The minimum Gasteiger partial charge on any atom is -0.492 e. The van der Waals surface area contributed by atoms with Crippen LogP contribution in [0.3, 0.4) is 0 Å². The van der Waals surface area contributed by atoms with Crippen LogP contribution in [0, 0.1) is 0 Å². The van der Waals surface area contributed by atoms with Gasteiger partial charge < -0.3 is 29.2 Å². The van der Waals surface area contributed by atoms with Crippen molar-refractivity contribution in [3.05, 3.63) is 39.5 Å². The third-order valence-electron chi connectivity index (χ3n) is 6.00. The number of hydrogen-bond acceptors (Lipinski definition) is 6.